The first-order chi connectivity index (χ1) is 13.7. The third-order valence-electron chi connectivity index (χ3n) is 3.71. The van der Waals surface area contributed by atoms with E-state index >= 15 is 0 Å². The van der Waals surface area contributed by atoms with Gasteiger partial charge in [0.15, 0.2) is 0 Å². The summed E-state index contributed by atoms with van der Waals surface area (Å²) < 4.78 is 18.8. The molecule has 0 aliphatic carbocycles. The van der Waals surface area contributed by atoms with Crippen molar-refractivity contribution in [2.75, 3.05) is 66.7 Å². The SMILES string of the molecule is C=C(C)C(=O)OCC(O)CN(CCN(CCOC=O)CC(=O)OC)CC(=O)OC. The van der Waals surface area contributed by atoms with Crippen molar-refractivity contribution >= 4 is 24.4 Å². The average molecular weight is 418 g/mol. The Balaban J connectivity index is 4.82. The van der Waals surface area contributed by atoms with E-state index in [1.54, 1.807) is 9.80 Å². The highest BCUT2D eigenvalue weighted by Crippen LogP contribution is 2.00. The van der Waals surface area contributed by atoms with Crippen molar-refractivity contribution in [3.8, 4) is 0 Å². The van der Waals surface area contributed by atoms with Crippen LogP contribution in [0.2, 0.25) is 0 Å². The van der Waals surface area contributed by atoms with Gasteiger partial charge in [-0.1, -0.05) is 6.58 Å². The van der Waals surface area contributed by atoms with Crippen molar-refractivity contribution < 1.29 is 43.2 Å². The first-order valence-electron chi connectivity index (χ1n) is 8.87. The minimum atomic E-state index is -1.05. The summed E-state index contributed by atoms with van der Waals surface area (Å²) in [7, 11) is 2.50. The second-order valence-corrected chi connectivity index (χ2v) is 6.16. The normalized spacial score (nSPS) is 11.7. The zero-order valence-electron chi connectivity index (χ0n) is 17.1. The number of carbonyl (C=O) groups excluding carboxylic acids is 4. The van der Waals surface area contributed by atoms with Crippen molar-refractivity contribution in [3.05, 3.63) is 12.2 Å². The lowest BCUT2D eigenvalue weighted by molar-refractivity contribution is -0.145. The van der Waals surface area contributed by atoms with Gasteiger partial charge in [0.25, 0.3) is 6.47 Å². The second-order valence-electron chi connectivity index (χ2n) is 6.16. The van der Waals surface area contributed by atoms with Crippen molar-refractivity contribution in [2.24, 2.45) is 0 Å². The summed E-state index contributed by atoms with van der Waals surface area (Å²) in [5.74, 6) is -1.61. The summed E-state index contributed by atoms with van der Waals surface area (Å²) in [6.45, 7) is 5.80. The zero-order valence-corrected chi connectivity index (χ0v) is 17.1. The van der Waals surface area contributed by atoms with Crippen molar-refractivity contribution in [3.63, 3.8) is 0 Å². The molecule has 0 aromatic rings. The van der Waals surface area contributed by atoms with Gasteiger partial charge in [0, 0.05) is 31.8 Å². The van der Waals surface area contributed by atoms with E-state index in [-0.39, 0.29) is 51.5 Å². The molecule has 0 saturated heterocycles. The Kier molecular flexibility index (Phi) is 14.1. The quantitative estimate of drug-likeness (QED) is 0.104. The molecule has 1 atom stereocenters. The van der Waals surface area contributed by atoms with Gasteiger partial charge in [-0.05, 0) is 6.92 Å². The van der Waals surface area contributed by atoms with E-state index in [0.29, 0.717) is 13.0 Å². The van der Waals surface area contributed by atoms with Crippen LogP contribution in [0, 0.1) is 0 Å². The number of aliphatic hydroxyl groups excluding tert-OH is 1. The number of ether oxygens (including phenoxy) is 4. The summed E-state index contributed by atoms with van der Waals surface area (Å²) in [5.41, 5.74) is 0.208. The van der Waals surface area contributed by atoms with Crippen LogP contribution in [0.15, 0.2) is 12.2 Å². The van der Waals surface area contributed by atoms with E-state index in [0.717, 1.165) is 0 Å². The molecule has 0 spiro atoms. The molecule has 0 aliphatic rings. The van der Waals surface area contributed by atoms with Gasteiger partial charge in [-0.15, -0.1) is 0 Å². The molecule has 0 amide bonds. The first-order valence-corrected chi connectivity index (χ1v) is 8.87. The molecule has 0 fully saturated rings. The van der Waals surface area contributed by atoms with Gasteiger partial charge in [0.05, 0.1) is 27.3 Å². The molecular formula is C18H30N2O9. The number of methoxy groups -OCH3 is 2. The van der Waals surface area contributed by atoms with Crippen LogP contribution in [0.3, 0.4) is 0 Å². The molecule has 166 valence electrons. The van der Waals surface area contributed by atoms with Crippen LogP contribution in [-0.2, 0) is 38.1 Å². The number of hydrogen-bond acceptors (Lipinski definition) is 11. The van der Waals surface area contributed by atoms with Crippen LogP contribution < -0.4 is 0 Å². The molecule has 0 saturated carbocycles. The minimum absolute atomic E-state index is 0.0233. The Hall–Kier alpha value is -2.50. The highest BCUT2D eigenvalue weighted by molar-refractivity contribution is 5.86. The van der Waals surface area contributed by atoms with E-state index in [4.69, 9.17) is 4.74 Å². The predicted octanol–water partition coefficient (Wildman–Crippen LogP) is -1.41. The lowest BCUT2D eigenvalue weighted by atomic mass is 10.3. The Morgan fingerprint density at radius 2 is 1.59 bits per heavy atom. The minimum Gasteiger partial charge on any atom is -0.468 e. The van der Waals surface area contributed by atoms with Crippen LogP contribution in [0.4, 0.5) is 0 Å². The molecule has 1 N–H and O–H groups in total. The largest absolute Gasteiger partial charge is 0.468 e. The summed E-state index contributed by atoms with van der Waals surface area (Å²) in [6.07, 6.45) is -1.05. The maximum absolute atomic E-state index is 11.6. The van der Waals surface area contributed by atoms with Crippen LogP contribution in [-0.4, -0.2) is 112 Å². The Labute approximate surface area is 170 Å². The molecule has 29 heavy (non-hydrogen) atoms. The van der Waals surface area contributed by atoms with Crippen molar-refractivity contribution in [2.45, 2.75) is 13.0 Å². The van der Waals surface area contributed by atoms with Gasteiger partial charge in [0.2, 0.25) is 0 Å². The van der Waals surface area contributed by atoms with E-state index in [1.165, 1.54) is 21.1 Å². The fourth-order valence-electron chi connectivity index (χ4n) is 2.16. The molecule has 0 aromatic carbocycles. The Morgan fingerprint density at radius 3 is 2.10 bits per heavy atom. The highest BCUT2D eigenvalue weighted by Gasteiger charge is 2.19. The lowest BCUT2D eigenvalue weighted by Gasteiger charge is -2.27. The third-order valence-corrected chi connectivity index (χ3v) is 3.71. The van der Waals surface area contributed by atoms with E-state index in [2.05, 4.69) is 20.8 Å². The number of rotatable bonds is 16. The fraction of sp³-hybridized carbons (Fsp3) is 0.667. The van der Waals surface area contributed by atoms with E-state index < -0.39 is 24.0 Å². The van der Waals surface area contributed by atoms with Crippen LogP contribution in [0.25, 0.3) is 0 Å². The average Bonchev–Trinajstić information content (AvgIpc) is 2.69. The summed E-state index contributed by atoms with van der Waals surface area (Å²) >= 11 is 0. The van der Waals surface area contributed by atoms with Crippen molar-refractivity contribution in [1.29, 1.82) is 0 Å². The maximum Gasteiger partial charge on any atom is 0.333 e. The number of hydrogen-bond donors (Lipinski definition) is 1. The molecule has 0 bridgehead atoms. The molecular weight excluding hydrogens is 388 g/mol. The molecule has 11 heteroatoms. The molecule has 1 unspecified atom stereocenters. The molecule has 0 aliphatic heterocycles. The van der Waals surface area contributed by atoms with Crippen molar-refractivity contribution in [1.82, 2.24) is 9.80 Å². The summed E-state index contributed by atoms with van der Waals surface area (Å²) in [5, 5.41) is 10.1. The fourth-order valence-corrected chi connectivity index (χ4v) is 2.16. The Bertz CT molecular complexity index is 553. The lowest BCUT2D eigenvalue weighted by Crippen LogP contribution is -2.44. The molecule has 0 heterocycles. The molecule has 0 rings (SSSR count). The number of esters is 3. The summed E-state index contributed by atoms with van der Waals surface area (Å²) in [4.78, 5) is 48.2. The van der Waals surface area contributed by atoms with Gasteiger partial charge in [-0.2, -0.15) is 0 Å². The predicted molar refractivity (Wildman–Crippen MR) is 101 cm³/mol. The van der Waals surface area contributed by atoms with E-state index in [1.807, 2.05) is 0 Å². The number of aliphatic hydroxyl groups is 1. The first kappa shape index (κ1) is 26.5. The second kappa shape index (κ2) is 15.4. The van der Waals surface area contributed by atoms with Gasteiger partial charge in [-0.3, -0.25) is 24.2 Å². The van der Waals surface area contributed by atoms with Crippen LogP contribution in [0.5, 0.6) is 0 Å². The smallest absolute Gasteiger partial charge is 0.333 e. The highest BCUT2D eigenvalue weighted by atomic mass is 16.5. The standard InChI is InChI=1S/C18H30N2O9/c1-14(2)18(25)29-12-15(22)9-20(11-17(24)27-4)6-5-19(7-8-28-13-21)10-16(23)26-3/h13,15,22H,1,5-12H2,2-4H3. The molecule has 11 nitrogen and oxygen atoms in total. The molecule has 0 radical (unpaired) electrons. The zero-order chi connectivity index (χ0) is 22.2. The number of carbonyl (C=O) groups is 4. The number of nitrogens with zero attached hydrogens (tertiary/aromatic N) is 2. The topological polar surface area (TPSA) is 132 Å². The van der Waals surface area contributed by atoms with Gasteiger partial charge >= 0.3 is 17.9 Å². The van der Waals surface area contributed by atoms with Crippen LogP contribution >= 0.6 is 0 Å². The van der Waals surface area contributed by atoms with E-state index in [9.17, 15) is 24.3 Å². The third kappa shape index (κ3) is 13.3. The molecule has 0 aromatic heterocycles. The van der Waals surface area contributed by atoms with Gasteiger partial charge in [0.1, 0.15) is 19.3 Å². The summed E-state index contributed by atoms with van der Waals surface area (Å²) in [6, 6.07) is 0. The Morgan fingerprint density at radius 1 is 1.03 bits per heavy atom. The maximum atomic E-state index is 11.6. The van der Waals surface area contributed by atoms with Gasteiger partial charge in [-0.25, -0.2) is 4.79 Å². The van der Waals surface area contributed by atoms with Crippen LogP contribution in [0.1, 0.15) is 6.92 Å². The monoisotopic (exact) mass is 418 g/mol. The van der Waals surface area contributed by atoms with Gasteiger partial charge < -0.3 is 24.1 Å².